The van der Waals surface area contributed by atoms with E-state index in [0.717, 1.165) is 13.3 Å². The van der Waals surface area contributed by atoms with Gasteiger partial charge in [0.2, 0.25) is 0 Å². The number of rotatable bonds is 2. The molecule has 0 aromatic carbocycles. The second-order valence-corrected chi connectivity index (χ2v) is 6.34. The maximum atomic E-state index is 11.5. The fraction of sp³-hybridized carbons (Fsp3) is 1.00. The molecule has 3 nitrogen and oxygen atoms in total. The van der Waals surface area contributed by atoms with Gasteiger partial charge in [-0.05, 0) is 0 Å². The van der Waals surface area contributed by atoms with E-state index in [2.05, 4.69) is 0 Å². The van der Waals surface area contributed by atoms with Crippen molar-refractivity contribution >= 4 is 15.2 Å². The largest absolute Gasteiger partial charge is 0.486 e. The van der Waals surface area contributed by atoms with Crippen LogP contribution in [-0.2, 0) is 9.13 Å². The molecule has 0 saturated carbocycles. The normalized spacial score (nSPS) is 13.8. The van der Waals surface area contributed by atoms with Crippen LogP contribution in [0.5, 0.6) is 0 Å². The average Bonchev–Trinajstić information content (AvgIpc) is 1.14. The Morgan fingerprint density at radius 3 is 1.56 bits per heavy atom. The van der Waals surface area contributed by atoms with Gasteiger partial charge in [0.25, 0.3) is 0 Å². The third-order valence-corrected chi connectivity index (χ3v) is 3.22. The molecule has 0 unspecified atom stereocenters. The zero-order valence-corrected chi connectivity index (χ0v) is 6.76. The Labute approximate surface area is 51.9 Å². The molecule has 0 aliphatic rings. The minimum Gasteiger partial charge on any atom is -0.307 e. The third-order valence-electron chi connectivity index (χ3n) is 0.357. The zero-order chi connectivity index (χ0) is 7.71. The lowest BCUT2D eigenvalue weighted by Gasteiger charge is -2.05. The molecule has 0 rings (SSSR count). The van der Waals surface area contributed by atoms with E-state index in [1.807, 2.05) is 0 Å². The van der Waals surface area contributed by atoms with Crippen molar-refractivity contribution in [2.24, 2.45) is 0 Å². The van der Waals surface area contributed by atoms with Gasteiger partial charge in [0.1, 0.15) is 0 Å². The van der Waals surface area contributed by atoms with Crippen LogP contribution in [-0.4, -0.2) is 13.3 Å². The molecule has 0 fully saturated rings. The van der Waals surface area contributed by atoms with E-state index in [0.29, 0.717) is 0 Å². The molecule has 0 bridgehead atoms. The average molecular weight is 177 g/mol. The Bertz CT molecular complexity index is 161. The molecule has 0 aliphatic carbocycles. The van der Waals surface area contributed by atoms with Crippen molar-refractivity contribution in [1.82, 2.24) is 4.86 Å². The van der Waals surface area contributed by atoms with Crippen LogP contribution in [0, 0.1) is 0 Å². The fourth-order valence-corrected chi connectivity index (χ4v) is 2.52. The molecular weight excluding hydrogens is 170 g/mol. The van der Waals surface area contributed by atoms with Crippen molar-refractivity contribution in [3.63, 3.8) is 0 Å². The van der Waals surface area contributed by atoms with Crippen molar-refractivity contribution in [3.05, 3.63) is 0 Å². The van der Waals surface area contributed by atoms with Crippen LogP contribution in [0.2, 0.25) is 0 Å². The first kappa shape index (κ1) is 9.28. The highest BCUT2D eigenvalue weighted by atomic mass is 31.3. The topological polar surface area (TPSA) is 46.2 Å². The van der Waals surface area contributed by atoms with Gasteiger partial charge in [0.05, 0.1) is 0 Å². The van der Waals surface area contributed by atoms with Crippen LogP contribution in [0.25, 0.3) is 0 Å². The number of hydrogen-bond donors (Lipinski definition) is 1. The summed E-state index contributed by atoms with van der Waals surface area (Å²) in [5.74, 6) is 0. The Morgan fingerprint density at radius 2 is 1.56 bits per heavy atom. The minimum atomic E-state index is -5.30. The molecule has 56 valence electrons. The van der Waals surface area contributed by atoms with Crippen LogP contribution >= 0.6 is 15.2 Å². The van der Waals surface area contributed by atoms with Gasteiger partial charge in [0.15, 0.2) is 7.29 Å². The van der Waals surface area contributed by atoms with Gasteiger partial charge in [-0.2, -0.15) is 4.86 Å². The second kappa shape index (κ2) is 2.49. The second-order valence-electron chi connectivity index (χ2n) is 1.91. The van der Waals surface area contributed by atoms with Crippen LogP contribution in [0.15, 0.2) is 0 Å². The van der Waals surface area contributed by atoms with Gasteiger partial charge >= 0.3 is 7.91 Å². The SMILES string of the molecule is CP(C)(=O)NP(=O)(F)F. The molecule has 0 amide bonds. The fourth-order valence-electron chi connectivity index (χ4n) is 0.280. The van der Waals surface area contributed by atoms with Crippen LogP contribution < -0.4 is 4.86 Å². The van der Waals surface area contributed by atoms with Gasteiger partial charge in [-0.15, -0.1) is 8.39 Å². The van der Waals surface area contributed by atoms with E-state index in [-0.39, 0.29) is 0 Å². The maximum absolute atomic E-state index is 11.5. The van der Waals surface area contributed by atoms with Gasteiger partial charge < -0.3 is 4.57 Å². The number of nitrogens with one attached hydrogen (secondary N) is 1. The summed E-state index contributed by atoms with van der Waals surface area (Å²) in [4.78, 5) is 1.24. The molecule has 0 heterocycles. The van der Waals surface area contributed by atoms with Gasteiger partial charge in [-0.25, -0.2) is 4.57 Å². The molecule has 0 aliphatic heterocycles. The summed E-state index contributed by atoms with van der Waals surface area (Å²) in [5.41, 5.74) is 0. The summed E-state index contributed by atoms with van der Waals surface area (Å²) in [6, 6.07) is 0. The van der Waals surface area contributed by atoms with Gasteiger partial charge in [-0.3, -0.25) is 0 Å². The van der Waals surface area contributed by atoms with Gasteiger partial charge in [0, 0.05) is 13.3 Å². The molecule has 7 heteroatoms. The zero-order valence-electron chi connectivity index (χ0n) is 4.97. The predicted molar refractivity (Wildman–Crippen MR) is 32.4 cm³/mol. The summed E-state index contributed by atoms with van der Waals surface area (Å²) >= 11 is 0. The Morgan fingerprint density at radius 1 is 1.22 bits per heavy atom. The van der Waals surface area contributed by atoms with E-state index in [1.165, 1.54) is 4.86 Å². The monoisotopic (exact) mass is 177 g/mol. The molecule has 0 radical (unpaired) electrons. The summed E-state index contributed by atoms with van der Waals surface area (Å²) in [5, 5.41) is 0. The van der Waals surface area contributed by atoms with E-state index in [4.69, 9.17) is 0 Å². The molecule has 0 spiro atoms. The summed E-state index contributed by atoms with van der Waals surface area (Å²) in [6.07, 6.45) is 0. The summed E-state index contributed by atoms with van der Waals surface area (Å²) < 4.78 is 43.1. The molecule has 0 atom stereocenters. The quantitative estimate of drug-likeness (QED) is 0.657. The number of hydrogen-bond acceptors (Lipinski definition) is 2. The van der Waals surface area contributed by atoms with E-state index in [1.54, 1.807) is 0 Å². The van der Waals surface area contributed by atoms with Gasteiger partial charge in [-0.1, -0.05) is 0 Å². The smallest absolute Gasteiger partial charge is 0.307 e. The molecule has 0 saturated heterocycles. The molecular formula is C2H7F2NO2P2. The standard InChI is InChI=1S/C2H7F2NO2P2/c1-8(2,6)5-9(3,4)7/h1-2H3,(H,5,6,7). The summed E-state index contributed by atoms with van der Waals surface area (Å²) in [7, 11) is -8.35. The minimum absolute atomic E-state index is 1.08. The highest BCUT2D eigenvalue weighted by molar-refractivity contribution is 7.71. The predicted octanol–water partition coefficient (Wildman–Crippen LogP) is 2.16. The first-order valence-corrected chi connectivity index (χ1v) is 6.13. The Kier molecular flexibility index (Phi) is 2.57. The lowest BCUT2D eigenvalue weighted by molar-refractivity contribution is 0.488. The Hall–Kier alpha value is 0.280. The van der Waals surface area contributed by atoms with Crippen molar-refractivity contribution in [2.75, 3.05) is 13.3 Å². The van der Waals surface area contributed by atoms with Crippen LogP contribution in [0.1, 0.15) is 0 Å². The van der Waals surface area contributed by atoms with Crippen molar-refractivity contribution in [2.45, 2.75) is 0 Å². The van der Waals surface area contributed by atoms with Crippen molar-refractivity contribution in [1.29, 1.82) is 0 Å². The van der Waals surface area contributed by atoms with E-state index < -0.39 is 15.2 Å². The molecule has 1 N–H and O–H groups in total. The number of halogens is 2. The van der Waals surface area contributed by atoms with Crippen molar-refractivity contribution < 1.29 is 17.5 Å². The lowest BCUT2D eigenvalue weighted by Crippen LogP contribution is -1.98. The third kappa shape index (κ3) is 8.28. The first-order chi connectivity index (χ1) is 3.71. The Balaban J connectivity index is 4.07. The first-order valence-electron chi connectivity index (χ1n) is 2.04. The maximum Gasteiger partial charge on any atom is 0.486 e. The van der Waals surface area contributed by atoms with Crippen molar-refractivity contribution in [3.8, 4) is 0 Å². The molecule has 0 aromatic heterocycles. The highest BCUT2D eigenvalue weighted by Crippen LogP contribution is 2.53. The lowest BCUT2D eigenvalue weighted by atomic mass is 11.9. The van der Waals surface area contributed by atoms with Crippen LogP contribution in [0.3, 0.4) is 0 Å². The molecule has 0 aromatic rings. The highest BCUT2D eigenvalue weighted by Gasteiger charge is 2.24. The van der Waals surface area contributed by atoms with E-state index in [9.17, 15) is 17.5 Å². The van der Waals surface area contributed by atoms with Crippen LogP contribution in [0.4, 0.5) is 8.39 Å². The molecule has 9 heavy (non-hydrogen) atoms. The summed E-state index contributed by atoms with van der Waals surface area (Å²) in [6.45, 7) is 2.16. The van der Waals surface area contributed by atoms with E-state index >= 15 is 0 Å².